The smallest absolute Gasteiger partial charge is 0.244 e. The number of rotatable bonds is 8. The molecule has 0 unspecified atom stereocenters. The van der Waals surface area contributed by atoms with Gasteiger partial charge in [0.2, 0.25) is 15.9 Å². The molecule has 162 valence electrons. The summed E-state index contributed by atoms with van der Waals surface area (Å²) in [6, 6.07) is 9.13. The van der Waals surface area contributed by atoms with Crippen molar-refractivity contribution in [1.29, 1.82) is 0 Å². The van der Waals surface area contributed by atoms with Gasteiger partial charge in [0, 0.05) is 24.8 Å². The molecule has 31 heavy (non-hydrogen) atoms. The molecule has 0 saturated carbocycles. The van der Waals surface area contributed by atoms with E-state index in [2.05, 4.69) is 15.2 Å². The predicted molar refractivity (Wildman–Crippen MR) is 115 cm³/mol. The maximum Gasteiger partial charge on any atom is 0.244 e. The van der Waals surface area contributed by atoms with Crippen molar-refractivity contribution in [1.82, 2.24) is 23.9 Å². The molecule has 3 aromatic heterocycles. The number of oxazole rings is 1. The minimum Gasteiger partial charge on any atom is -0.440 e. The van der Waals surface area contributed by atoms with Gasteiger partial charge in [-0.3, -0.25) is 4.40 Å². The summed E-state index contributed by atoms with van der Waals surface area (Å²) >= 11 is 1.32. The Balaban J connectivity index is 1.55. The van der Waals surface area contributed by atoms with Crippen molar-refractivity contribution in [3.63, 3.8) is 0 Å². The molecule has 3 heterocycles. The lowest BCUT2D eigenvalue weighted by molar-refractivity contribution is 0.445. The molecule has 0 atom stereocenters. The van der Waals surface area contributed by atoms with Gasteiger partial charge in [-0.05, 0) is 36.4 Å². The van der Waals surface area contributed by atoms with E-state index in [9.17, 15) is 12.8 Å². The summed E-state index contributed by atoms with van der Waals surface area (Å²) in [6.45, 7) is 4.38. The second-order valence-electron chi connectivity index (χ2n) is 6.58. The first kappa shape index (κ1) is 21.5. The Morgan fingerprint density at radius 1 is 1.10 bits per heavy atom. The Morgan fingerprint density at radius 2 is 1.84 bits per heavy atom. The maximum absolute atomic E-state index is 13.1. The number of hydrogen-bond acceptors (Lipinski definition) is 7. The van der Waals surface area contributed by atoms with Crippen LogP contribution in [0, 0.1) is 5.82 Å². The van der Waals surface area contributed by atoms with Crippen LogP contribution in [0.5, 0.6) is 0 Å². The molecule has 4 aromatic rings. The van der Waals surface area contributed by atoms with Gasteiger partial charge in [-0.15, -0.1) is 10.2 Å². The molecule has 0 bridgehead atoms. The summed E-state index contributed by atoms with van der Waals surface area (Å²) < 4.78 is 47.5. The Hall–Kier alpha value is -2.76. The molecule has 0 N–H and O–H groups in total. The summed E-state index contributed by atoms with van der Waals surface area (Å²) in [5.74, 6) is 1.05. The summed E-state index contributed by atoms with van der Waals surface area (Å²) in [7, 11) is -3.59. The number of sulfonamides is 1. The molecule has 8 nitrogen and oxygen atoms in total. The highest BCUT2D eigenvalue weighted by Gasteiger charge is 2.23. The van der Waals surface area contributed by atoms with Crippen molar-refractivity contribution in [3.8, 4) is 11.3 Å². The molecular weight excluding hydrogens is 441 g/mol. The van der Waals surface area contributed by atoms with Gasteiger partial charge in [0.25, 0.3) is 0 Å². The average molecular weight is 462 g/mol. The molecule has 0 aliphatic heterocycles. The Kier molecular flexibility index (Phi) is 6.08. The molecule has 0 fully saturated rings. The van der Waals surface area contributed by atoms with Gasteiger partial charge >= 0.3 is 0 Å². The normalized spacial score (nSPS) is 12.1. The van der Waals surface area contributed by atoms with Crippen molar-refractivity contribution in [2.75, 3.05) is 13.1 Å². The molecule has 4 rings (SSSR count). The lowest BCUT2D eigenvalue weighted by Crippen LogP contribution is -2.30. The van der Waals surface area contributed by atoms with Crippen molar-refractivity contribution < 1.29 is 17.2 Å². The highest BCUT2D eigenvalue weighted by Crippen LogP contribution is 2.26. The van der Waals surface area contributed by atoms with Gasteiger partial charge in [0.15, 0.2) is 16.6 Å². The molecule has 0 aliphatic carbocycles. The number of fused-ring (bicyclic) bond motifs is 1. The van der Waals surface area contributed by atoms with Crippen LogP contribution in [0.4, 0.5) is 4.39 Å². The standard InChI is InChI=1S/C20H20FN5O3S2/c1-3-25(4-2)31(27,28)16-9-10-18-23-24-20(26(18)12-16)30-13-19-22-11-17(29-19)14-5-7-15(21)8-6-14/h5-12H,3-4,13H2,1-2H3. The monoisotopic (exact) mass is 461 g/mol. The minimum atomic E-state index is -3.59. The molecule has 11 heteroatoms. The van der Waals surface area contributed by atoms with Gasteiger partial charge in [-0.2, -0.15) is 4.31 Å². The van der Waals surface area contributed by atoms with E-state index < -0.39 is 10.0 Å². The molecule has 0 saturated heterocycles. The number of benzene rings is 1. The lowest BCUT2D eigenvalue weighted by Gasteiger charge is -2.18. The van der Waals surface area contributed by atoms with Crippen LogP contribution in [-0.4, -0.2) is 45.4 Å². The largest absolute Gasteiger partial charge is 0.440 e. The number of aromatic nitrogens is 4. The molecule has 1 aromatic carbocycles. The fraction of sp³-hybridized carbons (Fsp3) is 0.250. The van der Waals surface area contributed by atoms with E-state index in [1.807, 2.05) is 0 Å². The Morgan fingerprint density at radius 3 is 2.55 bits per heavy atom. The third-order valence-corrected chi connectivity index (χ3v) is 7.66. The summed E-state index contributed by atoms with van der Waals surface area (Å²) in [4.78, 5) is 4.44. The van der Waals surface area contributed by atoms with Crippen molar-refractivity contribution >= 4 is 27.4 Å². The number of nitrogens with zero attached hydrogens (tertiary/aromatic N) is 5. The predicted octanol–water partition coefficient (Wildman–Crippen LogP) is 3.85. The number of thioether (sulfide) groups is 1. The Labute approximate surface area is 183 Å². The Bertz CT molecular complexity index is 1300. The zero-order chi connectivity index (χ0) is 22.0. The van der Waals surface area contributed by atoms with Gasteiger partial charge in [0.1, 0.15) is 5.82 Å². The molecule has 0 aliphatic rings. The van der Waals surface area contributed by atoms with Crippen molar-refractivity contribution in [2.24, 2.45) is 0 Å². The summed E-state index contributed by atoms with van der Waals surface area (Å²) in [5.41, 5.74) is 1.27. The highest BCUT2D eigenvalue weighted by molar-refractivity contribution is 7.98. The van der Waals surface area contributed by atoms with E-state index in [0.29, 0.717) is 41.3 Å². The average Bonchev–Trinajstić information content (AvgIpc) is 3.40. The second-order valence-corrected chi connectivity index (χ2v) is 9.46. The van der Waals surface area contributed by atoms with Crippen molar-refractivity contribution in [2.45, 2.75) is 29.7 Å². The van der Waals surface area contributed by atoms with Crippen molar-refractivity contribution in [3.05, 3.63) is 60.5 Å². The topological polar surface area (TPSA) is 93.6 Å². The van der Waals surface area contributed by atoms with E-state index >= 15 is 0 Å². The third kappa shape index (κ3) is 4.34. The molecular formula is C20H20FN5O3S2. The van der Waals surface area contributed by atoms with Crippen LogP contribution in [0.1, 0.15) is 19.7 Å². The van der Waals surface area contributed by atoms with Gasteiger partial charge < -0.3 is 4.42 Å². The molecule has 0 radical (unpaired) electrons. The van der Waals surface area contributed by atoms with Gasteiger partial charge in [0.05, 0.1) is 16.8 Å². The SMILES string of the molecule is CCN(CC)S(=O)(=O)c1ccc2nnc(SCc3ncc(-c4ccc(F)cc4)o3)n2c1. The number of hydrogen-bond donors (Lipinski definition) is 0. The van der Waals surface area contributed by atoms with E-state index in [1.165, 1.54) is 40.5 Å². The van der Waals surface area contributed by atoms with Crippen LogP contribution in [0.25, 0.3) is 17.0 Å². The first-order valence-corrected chi connectivity index (χ1v) is 12.0. The van der Waals surface area contributed by atoms with Crippen LogP contribution in [0.3, 0.4) is 0 Å². The van der Waals surface area contributed by atoms with E-state index in [4.69, 9.17) is 4.42 Å². The third-order valence-electron chi connectivity index (χ3n) is 4.69. The van der Waals surface area contributed by atoms with E-state index in [1.54, 1.807) is 42.6 Å². The minimum absolute atomic E-state index is 0.181. The highest BCUT2D eigenvalue weighted by atomic mass is 32.2. The zero-order valence-electron chi connectivity index (χ0n) is 16.9. The van der Waals surface area contributed by atoms with Crippen LogP contribution < -0.4 is 0 Å². The second kappa shape index (κ2) is 8.77. The first-order valence-electron chi connectivity index (χ1n) is 9.60. The fourth-order valence-corrected chi connectivity index (χ4v) is 5.29. The number of halogens is 1. The van der Waals surface area contributed by atoms with E-state index in [0.717, 1.165) is 5.56 Å². The van der Waals surface area contributed by atoms with Crippen LogP contribution in [0.2, 0.25) is 0 Å². The fourth-order valence-electron chi connectivity index (χ4n) is 3.06. The summed E-state index contributed by atoms with van der Waals surface area (Å²) in [6.07, 6.45) is 3.12. The molecule has 0 amide bonds. The zero-order valence-corrected chi connectivity index (χ0v) is 18.5. The first-order chi connectivity index (χ1) is 14.9. The molecule has 0 spiro atoms. The van der Waals surface area contributed by atoms with Crippen LogP contribution in [-0.2, 0) is 15.8 Å². The summed E-state index contributed by atoms with van der Waals surface area (Å²) in [5, 5.41) is 8.77. The number of pyridine rings is 1. The van der Waals surface area contributed by atoms with Crippen LogP contribution in [0.15, 0.2) is 63.3 Å². The lowest BCUT2D eigenvalue weighted by atomic mass is 10.2. The van der Waals surface area contributed by atoms with Crippen LogP contribution >= 0.6 is 11.8 Å². The van der Waals surface area contributed by atoms with Gasteiger partial charge in [-0.25, -0.2) is 17.8 Å². The van der Waals surface area contributed by atoms with E-state index in [-0.39, 0.29) is 10.7 Å². The quantitative estimate of drug-likeness (QED) is 0.368. The maximum atomic E-state index is 13.1. The van der Waals surface area contributed by atoms with Gasteiger partial charge in [-0.1, -0.05) is 25.6 Å².